The Balaban J connectivity index is 1.54. The third-order valence-electron chi connectivity index (χ3n) is 5.43. The average Bonchev–Trinajstić information content (AvgIpc) is 2.68. The number of hydrogen-bond donors (Lipinski definition) is 1. The number of carbonyl (C=O) groups is 3. The highest BCUT2D eigenvalue weighted by atomic mass is 16.2. The molecule has 0 bridgehead atoms. The van der Waals surface area contributed by atoms with Crippen LogP contribution in [-0.4, -0.2) is 53.7 Å². The highest BCUT2D eigenvalue weighted by molar-refractivity contribution is 5.93. The van der Waals surface area contributed by atoms with Crippen LogP contribution in [0.3, 0.4) is 0 Å². The van der Waals surface area contributed by atoms with Crippen LogP contribution >= 0.6 is 0 Å². The van der Waals surface area contributed by atoms with Crippen molar-refractivity contribution in [2.75, 3.05) is 31.5 Å². The number of hydrogen-bond acceptors (Lipinski definition) is 3. The predicted octanol–water partition coefficient (Wildman–Crippen LogP) is 2.12. The molecule has 0 spiro atoms. The topological polar surface area (TPSA) is 69.7 Å². The first-order valence-electron chi connectivity index (χ1n) is 9.45. The van der Waals surface area contributed by atoms with Gasteiger partial charge >= 0.3 is 0 Å². The smallest absolute Gasteiger partial charge is 0.229 e. The fourth-order valence-corrected chi connectivity index (χ4v) is 3.86. The van der Waals surface area contributed by atoms with Gasteiger partial charge in [0.25, 0.3) is 0 Å². The molecule has 0 saturated carbocycles. The Morgan fingerprint density at radius 3 is 2.27 bits per heavy atom. The summed E-state index contributed by atoms with van der Waals surface area (Å²) in [7, 11) is 0. The summed E-state index contributed by atoms with van der Waals surface area (Å²) in [6, 6.07) is 9.42. The van der Waals surface area contributed by atoms with Gasteiger partial charge < -0.3 is 15.1 Å². The second kappa shape index (κ2) is 8.34. The van der Waals surface area contributed by atoms with Gasteiger partial charge in [-0.2, -0.15) is 0 Å². The van der Waals surface area contributed by atoms with Gasteiger partial charge in [-0.15, -0.1) is 0 Å². The molecule has 26 heavy (non-hydrogen) atoms. The fraction of sp³-hybridized carbons (Fsp3) is 0.550. The highest BCUT2D eigenvalue weighted by Gasteiger charge is 2.33. The summed E-state index contributed by atoms with van der Waals surface area (Å²) < 4.78 is 0. The lowest BCUT2D eigenvalue weighted by Crippen LogP contribution is -2.48. The maximum absolute atomic E-state index is 12.8. The molecule has 2 aliphatic heterocycles. The molecule has 1 atom stereocenters. The molecule has 1 aromatic carbocycles. The predicted molar refractivity (Wildman–Crippen MR) is 99.4 cm³/mol. The maximum atomic E-state index is 12.8. The number of nitrogens with one attached hydrogen (secondary N) is 1. The molecular formula is C20H27N3O3. The molecule has 3 amide bonds. The molecule has 0 aliphatic carbocycles. The van der Waals surface area contributed by atoms with Crippen molar-refractivity contribution in [2.24, 2.45) is 11.8 Å². The summed E-state index contributed by atoms with van der Waals surface area (Å²) in [6.07, 6.45) is 3.10. The van der Waals surface area contributed by atoms with E-state index in [0.717, 1.165) is 37.9 Å². The molecule has 1 unspecified atom stereocenters. The minimum absolute atomic E-state index is 0.0138. The summed E-state index contributed by atoms with van der Waals surface area (Å²) in [4.78, 5) is 40.5. The number of rotatable bonds is 3. The Hall–Kier alpha value is -2.37. The largest absolute Gasteiger partial charge is 0.343 e. The van der Waals surface area contributed by atoms with Gasteiger partial charge in [-0.1, -0.05) is 18.2 Å². The van der Waals surface area contributed by atoms with Gasteiger partial charge in [-0.05, 0) is 37.8 Å². The van der Waals surface area contributed by atoms with Crippen LogP contribution in [0.15, 0.2) is 30.3 Å². The van der Waals surface area contributed by atoms with E-state index in [0.29, 0.717) is 19.6 Å². The first kappa shape index (κ1) is 18.4. The van der Waals surface area contributed by atoms with Crippen molar-refractivity contribution >= 4 is 23.4 Å². The van der Waals surface area contributed by atoms with E-state index < -0.39 is 0 Å². The van der Waals surface area contributed by atoms with E-state index >= 15 is 0 Å². The summed E-state index contributed by atoms with van der Waals surface area (Å²) in [5.41, 5.74) is 0.789. The number of benzene rings is 1. The number of nitrogens with zero attached hydrogens (tertiary/aromatic N) is 2. The lowest BCUT2D eigenvalue weighted by Gasteiger charge is -2.37. The molecule has 1 aromatic rings. The van der Waals surface area contributed by atoms with E-state index in [1.165, 1.54) is 0 Å². The molecule has 2 heterocycles. The van der Waals surface area contributed by atoms with Crippen LogP contribution in [0.25, 0.3) is 0 Å². The van der Waals surface area contributed by atoms with Crippen molar-refractivity contribution in [3.05, 3.63) is 30.3 Å². The van der Waals surface area contributed by atoms with Crippen LogP contribution in [0.2, 0.25) is 0 Å². The summed E-state index contributed by atoms with van der Waals surface area (Å²) in [6.45, 7) is 4.09. The van der Waals surface area contributed by atoms with Crippen LogP contribution in [0.4, 0.5) is 5.69 Å². The Morgan fingerprint density at radius 2 is 1.62 bits per heavy atom. The molecule has 6 nitrogen and oxygen atoms in total. The summed E-state index contributed by atoms with van der Waals surface area (Å²) in [5, 5.41) is 2.95. The molecule has 6 heteroatoms. The zero-order chi connectivity index (χ0) is 18.5. The number of piperidine rings is 2. The first-order chi connectivity index (χ1) is 12.5. The third-order valence-corrected chi connectivity index (χ3v) is 5.43. The standard InChI is InChI=1S/C20H27N3O3/c1-15(24)22-12-9-16(10-13-22)20(26)23-11-5-6-17(14-23)19(25)21-18-7-3-2-4-8-18/h2-4,7-8,16-17H,5-6,9-14H2,1H3,(H,21,25). The van der Waals surface area contributed by atoms with Crippen LogP contribution in [0.5, 0.6) is 0 Å². The highest BCUT2D eigenvalue weighted by Crippen LogP contribution is 2.24. The van der Waals surface area contributed by atoms with Gasteiger partial charge in [0, 0.05) is 44.7 Å². The quantitative estimate of drug-likeness (QED) is 0.901. The second-order valence-electron chi connectivity index (χ2n) is 7.26. The molecule has 0 aromatic heterocycles. The fourth-order valence-electron chi connectivity index (χ4n) is 3.86. The van der Waals surface area contributed by atoms with Crippen LogP contribution in [-0.2, 0) is 14.4 Å². The van der Waals surface area contributed by atoms with E-state index in [2.05, 4.69) is 5.32 Å². The van der Waals surface area contributed by atoms with E-state index in [-0.39, 0.29) is 29.6 Å². The SMILES string of the molecule is CC(=O)N1CCC(C(=O)N2CCCC(C(=O)Nc3ccccc3)C2)CC1. The van der Waals surface area contributed by atoms with Crippen molar-refractivity contribution in [1.29, 1.82) is 0 Å². The van der Waals surface area contributed by atoms with Crippen molar-refractivity contribution in [3.63, 3.8) is 0 Å². The molecule has 1 N–H and O–H groups in total. The molecular weight excluding hydrogens is 330 g/mol. The Morgan fingerprint density at radius 1 is 0.923 bits per heavy atom. The van der Waals surface area contributed by atoms with E-state index in [9.17, 15) is 14.4 Å². The lowest BCUT2D eigenvalue weighted by atomic mass is 9.92. The molecule has 2 saturated heterocycles. The van der Waals surface area contributed by atoms with Gasteiger partial charge in [0.15, 0.2) is 0 Å². The normalized spacial score (nSPS) is 21.3. The third kappa shape index (κ3) is 4.42. The molecule has 0 radical (unpaired) electrons. The van der Waals surface area contributed by atoms with Crippen LogP contribution in [0.1, 0.15) is 32.6 Å². The number of carbonyl (C=O) groups excluding carboxylic acids is 3. The van der Waals surface area contributed by atoms with Crippen LogP contribution < -0.4 is 5.32 Å². The minimum Gasteiger partial charge on any atom is -0.343 e. The number of para-hydroxylation sites is 1. The molecule has 3 rings (SSSR count). The molecule has 2 fully saturated rings. The number of anilines is 1. The van der Waals surface area contributed by atoms with E-state index in [1.807, 2.05) is 35.2 Å². The van der Waals surface area contributed by atoms with Crippen molar-refractivity contribution in [3.8, 4) is 0 Å². The van der Waals surface area contributed by atoms with Gasteiger partial charge in [-0.3, -0.25) is 14.4 Å². The zero-order valence-corrected chi connectivity index (χ0v) is 15.3. The molecule has 140 valence electrons. The molecule has 2 aliphatic rings. The van der Waals surface area contributed by atoms with Gasteiger partial charge in [0.2, 0.25) is 17.7 Å². The number of likely N-dealkylation sites (tertiary alicyclic amines) is 2. The maximum Gasteiger partial charge on any atom is 0.229 e. The van der Waals surface area contributed by atoms with Crippen LogP contribution in [0, 0.1) is 11.8 Å². The van der Waals surface area contributed by atoms with Gasteiger partial charge in [0.1, 0.15) is 0 Å². The minimum atomic E-state index is -0.162. The Bertz CT molecular complexity index is 654. The van der Waals surface area contributed by atoms with E-state index in [4.69, 9.17) is 0 Å². The van der Waals surface area contributed by atoms with Crippen molar-refractivity contribution in [1.82, 2.24) is 9.80 Å². The van der Waals surface area contributed by atoms with E-state index in [1.54, 1.807) is 11.8 Å². The van der Waals surface area contributed by atoms with Crippen molar-refractivity contribution < 1.29 is 14.4 Å². The Labute approximate surface area is 154 Å². The summed E-state index contributed by atoms with van der Waals surface area (Å²) >= 11 is 0. The Kier molecular flexibility index (Phi) is 5.91. The summed E-state index contributed by atoms with van der Waals surface area (Å²) in [5.74, 6) is 0.0174. The lowest BCUT2D eigenvalue weighted by molar-refractivity contribution is -0.142. The average molecular weight is 357 g/mol. The second-order valence-corrected chi connectivity index (χ2v) is 7.26. The monoisotopic (exact) mass is 357 g/mol. The number of amides is 3. The zero-order valence-electron chi connectivity index (χ0n) is 15.3. The van der Waals surface area contributed by atoms with Gasteiger partial charge in [-0.25, -0.2) is 0 Å². The van der Waals surface area contributed by atoms with Crippen molar-refractivity contribution in [2.45, 2.75) is 32.6 Å². The van der Waals surface area contributed by atoms with Gasteiger partial charge in [0.05, 0.1) is 5.92 Å². The first-order valence-corrected chi connectivity index (χ1v) is 9.45.